The lowest BCUT2D eigenvalue weighted by molar-refractivity contribution is -0.116. The zero-order chi connectivity index (χ0) is 18.6. The first-order valence-electron chi connectivity index (χ1n) is 8.79. The number of carbonyl (C=O) groups is 2. The largest absolute Gasteiger partial charge is 0.341 e. The average molecular weight is 349 g/mol. The molecule has 2 rings (SSSR count). The van der Waals surface area contributed by atoms with Gasteiger partial charge in [-0.3, -0.25) is 9.59 Å². The van der Waals surface area contributed by atoms with Crippen LogP contribution in [0.4, 0.5) is 10.1 Å². The zero-order valence-corrected chi connectivity index (χ0v) is 15.5. The maximum atomic E-state index is 14.2. The highest BCUT2D eigenvalue weighted by Crippen LogP contribution is 2.20. The van der Waals surface area contributed by atoms with Crippen LogP contribution in [0.25, 0.3) is 0 Å². The minimum absolute atomic E-state index is 0.113. The predicted octanol–water partition coefficient (Wildman–Crippen LogP) is 2.83. The number of benzene rings is 1. The number of halogens is 1. The molecule has 0 spiro atoms. The molecular formula is C19H28FN3O2. The van der Waals surface area contributed by atoms with E-state index < -0.39 is 5.82 Å². The second-order valence-corrected chi connectivity index (χ2v) is 7.44. The zero-order valence-electron chi connectivity index (χ0n) is 15.5. The Hall–Kier alpha value is -1.95. The second kappa shape index (κ2) is 8.43. The Kier molecular flexibility index (Phi) is 6.53. The van der Waals surface area contributed by atoms with E-state index >= 15 is 0 Å². The van der Waals surface area contributed by atoms with Crippen LogP contribution in [-0.2, 0) is 4.79 Å². The van der Waals surface area contributed by atoms with E-state index in [9.17, 15) is 14.0 Å². The lowest BCUT2D eigenvalue weighted by Crippen LogP contribution is -2.32. The molecule has 1 aliphatic rings. The number of amides is 2. The van der Waals surface area contributed by atoms with Crippen LogP contribution in [0.15, 0.2) is 18.2 Å². The van der Waals surface area contributed by atoms with Crippen molar-refractivity contribution >= 4 is 17.5 Å². The number of anilines is 1. The van der Waals surface area contributed by atoms with Crippen LogP contribution in [0.1, 0.15) is 37.0 Å². The second-order valence-electron chi connectivity index (χ2n) is 7.44. The number of hydrogen-bond donors (Lipinski definition) is 1. The number of rotatable bonds is 6. The number of nitrogens with zero attached hydrogens (tertiary/aromatic N) is 2. The van der Waals surface area contributed by atoms with E-state index in [-0.39, 0.29) is 23.4 Å². The van der Waals surface area contributed by atoms with Gasteiger partial charge in [-0.15, -0.1) is 0 Å². The summed E-state index contributed by atoms with van der Waals surface area (Å²) in [5.41, 5.74) is 0.412. The molecule has 1 saturated heterocycles. The highest BCUT2D eigenvalue weighted by Gasteiger charge is 2.23. The predicted molar refractivity (Wildman–Crippen MR) is 97.0 cm³/mol. The summed E-state index contributed by atoms with van der Waals surface area (Å²) < 4.78 is 14.2. The molecular weight excluding hydrogens is 321 g/mol. The van der Waals surface area contributed by atoms with Crippen molar-refractivity contribution in [2.24, 2.45) is 11.8 Å². The van der Waals surface area contributed by atoms with Crippen LogP contribution in [0, 0.1) is 17.7 Å². The summed E-state index contributed by atoms with van der Waals surface area (Å²) >= 11 is 0. The summed E-state index contributed by atoms with van der Waals surface area (Å²) in [6, 6.07) is 4.22. The molecule has 6 heteroatoms. The van der Waals surface area contributed by atoms with Crippen molar-refractivity contribution in [3.63, 3.8) is 0 Å². The molecule has 0 saturated carbocycles. The summed E-state index contributed by atoms with van der Waals surface area (Å²) in [6.45, 7) is 6.54. The van der Waals surface area contributed by atoms with E-state index in [1.807, 2.05) is 13.8 Å². The molecule has 1 atom stereocenters. The highest BCUT2D eigenvalue weighted by molar-refractivity contribution is 5.95. The van der Waals surface area contributed by atoms with Gasteiger partial charge in [-0.2, -0.15) is 0 Å². The van der Waals surface area contributed by atoms with E-state index in [4.69, 9.17) is 0 Å². The fraction of sp³-hybridized carbons (Fsp3) is 0.579. The Labute approximate surface area is 149 Å². The number of carbonyl (C=O) groups excluding carboxylic acids is 2. The molecule has 1 aromatic carbocycles. The molecule has 1 heterocycles. The van der Waals surface area contributed by atoms with Crippen molar-refractivity contribution < 1.29 is 14.0 Å². The lowest BCUT2D eigenvalue weighted by Gasteiger charge is -2.21. The van der Waals surface area contributed by atoms with Crippen molar-refractivity contribution in [1.82, 2.24) is 9.80 Å². The van der Waals surface area contributed by atoms with Crippen LogP contribution in [0.3, 0.4) is 0 Å². The van der Waals surface area contributed by atoms with E-state index in [0.717, 1.165) is 19.5 Å². The van der Waals surface area contributed by atoms with Crippen molar-refractivity contribution in [1.29, 1.82) is 0 Å². The molecule has 0 aliphatic carbocycles. The van der Waals surface area contributed by atoms with Crippen molar-refractivity contribution in [3.8, 4) is 0 Å². The SMILES string of the molecule is CC(C)CC(=O)Nc1ccc(C(=O)N(C)CC2CCN(C)C2)cc1F. The van der Waals surface area contributed by atoms with Crippen LogP contribution in [0.5, 0.6) is 0 Å². The van der Waals surface area contributed by atoms with Crippen LogP contribution < -0.4 is 5.32 Å². The van der Waals surface area contributed by atoms with Crippen molar-refractivity contribution in [2.45, 2.75) is 26.7 Å². The number of nitrogens with one attached hydrogen (secondary N) is 1. The maximum Gasteiger partial charge on any atom is 0.253 e. The van der Waals surface area contributed by atoms with Crippen molar-refractivity contribution in [2.75, 3.05) is 39.0 Å². The summed E-state index contributed by atoms with van der Waals surface area (Å²) in [5.74, 6) is -0.355. The maximum absolute atomic E-state index is 14.2. The molecule has 25 heavy (non-hydrogen) atoms. The summed E-state index contributed by atoms with van der Waals surface area (Å²) in [5, 5.41) is 2.56. The minimum Gasteiger partial charge on any atom is -0.341 e. The van der Waals surface area contributed by atoms with Gasteiger partial charge in [-0.05, 0) is 50.0 Å². The molecule has 1 N–H and O–H groups in total. The van der Waals surface area contributed by atoms with Crippen LogP contribution in [-0.4, -0.2) is 55.3 Å². The Morgan fingerprint density at radius 1 is 1.40 bits per heavy atom. The Morgan fingerprint density at radius 2 is 2.12 bits per heavy atom. The lowest BCUT2D eigenvalue weighted by atomic mass is 10.1. The first-order valence-corrected chi connectivity index (χ1v) is 8.79. The van der Waals surface area contributed by atoms with Crippen LogP contribution >= 0.6 is 0 Å². The van der Waals surface area contributed by atoms with Gasteiger partial charge < -0.3 is 15.1 Å². The molecule has 1 unspecified atom stereocenters. The molecule has 5 nitrogen and oxygen atoms in total. The molecule has 0 aromatic heterocycles. The normalized spacial score (nSPS) is 17.8. The minimum atomic E-state index is -0.586. The Balaban J connectivity index is 1.98. The van der Waals surface area contributed by atoms with E-state index in [2.05, 4.69) is 17.3 Å². The fourth-order valence-electron chi connectivity index (χ4n) is 3.19. The van der Waals surface area contributed by atoms with E-state index in [1.165, 1.54) is 12.1 Å². The van der Waals surface area contributed by atoms with Gasteiger partial charge in [0, 0.05) is 32.1 Å². The molecule has 0 bridgehead atoms. The van der Waals surface area contributed by atoms with Crippen LogP contribution in [0.2, 0.25) is 0 Å². The molecule has 138 valence electrons. The number of likely N-dealkylation sites (tertiary alicyclic amines) is 1. The standard InChI is InChI=1S/C19H28FN3O2/c1-13(2)9-18(24)21-17-6-5-15(10-16(17)20)19(25)23(4)12-14-7-8-22(3)11-14/h5-6,10,13-14H,7-9,11-12H2,1-4H3,(H,21,24). The smallest absolute Gasteiger partial charge is 0.253 e. The fourth-order valence-corrected chi connectivity index (χ4v) is 3.19. The third-order valence-corrected chi connectivity index (χ3v) is 4.45. The van der Waals surface area contributed by atoms with Gasteiger partial charge in [-0.1, -0.05) is 13.8 Å². The van der Waals surface area contributed by atoms with Gasteiger partial charge in [0.25, 0.3) is 5.91 Å². The molecule has 1 fully saturated rings. The van der Waals surface area contributed by atoms with Gasteiger partial charge in [-0.25, -0.2) is 4.39 Å². The van der Waals surface area contributed by atoms with E-state index in [1.54, 1.807) is 18.0 Å². The van der Waals surface area contributed by atoms with Gasteiger partial charge in [0.2, 0.25) is 5.91 Å². The monoisotopic (exact) mass is 349 g/mol. The molecule has 1 aliphatic heterocycles. The average Bonchev–Trinajstić information content (AvgIpc) is 2.92. The third kappa shape index (κ3) is 5.53. The quantitative estimate of drug-likeness (QED) is 0.859. The van der Waals surface area contributed by atoms with E-state index in [0.29, 0.717) is 24.4 Å². The van der Waals surface area contributed by atoms with Gasteiger partial charge >= 0.3 is 0 Å². The first kappa shape index (κ1) is 19.4. The summed E-state index contributed by atoms with van der Waals surface area (Å²) in [7, 11) is 3.82. The molecule has 0 radical (unpaired) electrons. The Bertz CT molecular complexity index is 633. The third-order valence-electron chi connectivity index (χ3n) is 4.45. The van der Waals surface area contributed by atoms with Gasteiger partial charge in [0.05, 0.1) is 5.69 Å². The molecule has 1 aromatic rings. The number of hydrogen-bond acceptors (Lipinski definition) is 3. The highest BCUT2D eigenvalue weighted by atomic mass is 19.1. The first-order chi connectivity index (χ1) is 11.8. The molecule has 2 amide bonds. The topological polar surface area (TPSA) is 52.7 Å². The van der Waals surface area contributed by atoms with Gasteiger partial charge in [0.15, 0.2) is 0 Å². The van der Waals surface area contributed by atoms with Crippen molar-refractivity contribution in [3.05, 3.63) is 29.6 Å². The Morgan fingerprint density at radius 3 is 2.68 bits per heavy atom. The summed E-state index contributed by atoms with van der Waals surface area (Å²) in [6.07, 6.45) is 1.40. The van der Waals surface area contributed by atoms with Gasteiger partial charge in [0.1, 0.15) is 5.82 Å². The summed E-state index contributed by atoms with van der Waals surface area (Å²) in [4.78, 5) is 28.2.